The van der Waals surface area contributed by atoms with Gasteiger partial charge in [-0.2, -0.15) is 0 Å². The molecule has 44 heavy (non-hydrogen) atoms. The van der Waals surface area contributed by atoms with E-state index < -0.39 is 26.5 Å². The number of hydrogen-bond donors (Lipinski definition) is 1. The largest absolute Gasteiger partial charge is 0.472 e. The Hall–Kier alpha value is -0.990. The number of esters is 2. The molecule has 0 radical (unpaired) electrons. The molecule has 0 heterocycles. The molecule has 0 saturated carbocycles. The van der Waals surface area contributed by atoms with Gasteiger partial charge >= 0.3 is 19.8 Å². The van der Waals surface area contributed by atoms with Crippen LogP contribution in [0.25, 0.3) is 0 Å². The molecule has 0 aromatic rings. The van der Waals surface area contributed by atoms with Crippen molar-refractivity contribution in [3.63, 3.8) is 0 Å². The van der Waals surface area contributed by atoms with Crippen molar-refractivity contribution < 1.29 is 42.1 Å². The van der Waals surface area contributed by atoms with E-state index in [0.717, 1.165) is 32.1 Å². The van der Waals surface area contributed by atoms with Crippen LogP contribution in [0.15, 0.2) is 0 Å². The summed E-state index contributed by atoms with van der Waals surface area (Å²) >= 11 is 0. The van der Waals surface area contributed by atoms with Gasteiger partial charge in [0.25, 0.3) is 0 Å². The van der Waals surface area contributed by atoms with E-state index in [4.69, 9.17) is 18.5 Å². The molecule has 2 atom stereocenters. The van der Waals surface area contributed by atoms with Crippen molar-refractivity contribution in [2.45, 2.75) is 161 Å². The van der Waals surface area contributed by atoms with Gasteiger partial charge in [-0.15, -0.1) is 0 Å². The molecule has 0 saturated heterocycles. The third-order valence-electron chi connectivity index (χ3n) is 7.64. The second-order valence-corrected chi connectivity index (χ2v) is 14.7. The van der Waals surface area contributed by atoms with Crippen molar-refractivity contribution in [1.29, 1.82) is 0 Å². The highest BCUT2D eigenvalue weighted by atomic mass is 31.2. The third kappa shape index (κ3) is 31.0. The molecule has 10 heteroatoms. The van der Waals surface area contributed by atoms with Gasteiger partial charge in [-0.05, 0) is 12.8 Å². The molecule has 0 aliphatic carbocycles. The maximum Gasteiger partial charge on any atom is 0.472 e. The maximum atomic E-state index is 12.5. The lowest BCUT2D eigenvalue weighted by Crippen LogP contribution is -2.37. The van der Waals surface area contributed by atoms with Gasteiger partial charge in [-0.25, -0.2) is 4.57 Å². The number of rotatable bonds is 32. The lowest BCUT2D eigenvalue weighted by molar-refractivity contribution is -0.870. The first-order valence-corrected chi connectivity index (χ1v) is 19.3. The van der Waals surface area contributed by atoms with Crippen LogP contribution in [0.2, 0.25) is 0 Å². The van der Waals surface area contributed by atoms with Crippen molar-refractivity contribution >= 4 is 19.8 Å². The van der Waals surface area contributed by atoms with Gasteiger partial charge in [0, 0.05) is 12.8 Å². The van der Waals surface area contributed by atoms with Crippen LogP contribution in [-0.4, -0.2) is 74.9 Å². The first-order chi connectivity index (χ1) is 21.0. The Balaban J connectivity index is 4.46. The van der Waals surface area contributed by atoms with Crippen LogP contribution in [0.4, 0.5) is 0 Å². The highest BCUT2D eigenvalue weighted by molar-refractivity contribution is 7.47. The zero-order chi connectivity index (χ0) is 32.9. The summed E-state index contributed by atoms with van der Waals surface area (Å²) < 4.78 is 34.0. The number of likely N-dealkylation sites (N-methyl/N-ethyl adjacent to an activating group) is 1. The maximum absolute atomic E-state index is 12.5. The van der Waals surface area contributed by atoms with Gasteiger partial charge in [0.15, 0.2) is 6.10 Å². The molecule has 0 aromatic carbocycles. The predicted molar refractivity (Wildman–Crippen MR) is 178 cm³/mol. The van der Waals surface area contributed by atoms with Gasteiger partial charge in [0.2, 0.25) is 0 Å². The van der Waals surface area contributed by atoms with Gasteiger partial charge < -0.3 is 18.9 Å². The normalized spacial score (nSPS) is 13.9. The summed E-state index contributed by atoms with van der Waals surface area (Å²) in [5.41, 5.74) is 0. The minimum Gasteiger partial charge on any atom is -0.462 e. The Morgan fingerprint density at radius 2 is 1.02 bits per heavy atom. The van der Waals surface area contributed by atoms with E-state index in [-0.39, 0.29) is 25.6 Å². The smallest absolute Gasteiger partial charge is 0.462 e. The van der Waals surface area contributed by atoms with E-state index in [1.807, 2.05) is 21.1 Å². The molecule has 1 N–H and O–H groups in total. The van der Waals surface area contributed by atoms with Crippen LogP contribution in [-0.2, 0) is 32.7 Å². The zero-order valence-electron chi connectivity index (χ0n) is 29.2. The average Bonchev–Trinajstić information content (AvgIpc) is 2.95. The Kier molecular flexibility index (Phi) is 27.6. The van der Waals surface area contributed by atoms with Crippen LogP contribution in [0, 0.1) is 0 Å². The predicted octanol–water partition coefficient (Wildman–Crippen LogP) is 8.90. The molecular weight excluding hydrogens is 581 g/mol. The summed E-state index contributed by atoms with van der Waals surface area (Å²) in [5, 5.41) is 0. The summed E-state index contributed by atoms with van der Waals surface area (Å²) in [4.78, 5) is 34.9. The van der Waals surface area contributed by atoms with Crippen molar-refractivity contribution in [3.8, 4) is 0 Å². The fourth-order valence-corrected chi connectivity index (χ4v) is 5.52. The molecular formula is C34H69NO8P+. The topological polar surface area (TPSA) is 108 Å². The zero-order valence-corrected chi connectivity index (χ0v) is 30.1. The first kappa shape index (κ1) is 43.0. The summed E-state index contributed by atoms with van der Waals surface area (Å²) in [6, 6.07) is 0. The standard InChI is InChI=1S/C34H68NO8P/c1-6-8-10-12-14-16-17-18-19-21-23-25-27-34(37)43-32(31-42-44(38,39)41-29-28-35(3,4)5)30-40-33(36)26-24-22-20-15-13-11-9-7-2/h32H,6-31H2,1-5H3/p+1. The number of hydrogen-bond acceptors (Lipinski definition) is 7. The number of phosphoric ester groups is 1. The summed E-state index contributed by atoms with van der Waals surface area (Å²) in [5.74, 6) is -0.798. The van der Waals surface area contributed by atoms with Crippen LogP contribution >= 0.6 is 7.82 Å². The fourth-order valence-electron chi connectivity index (χ4n) is 4.78. The molecule has 2 unspecified atom stereocenters. The molecule has 262 valence electrons. The molecule has 0 fully saturated rings. The van der Waals surface area contributed by atoms with E-state index >= 15 is 0 Å². The van der Waals surface area contributed by atoms with E-state index in [9.17, 15) is 19.0 Å². The fraction of sp³-hybridized carbons (Fsp3) is 0.941. The van der Waals surface area contributed by atoms with Crippen molar-refractivity contribution in [1.82, 2.24) is 0 Å². The number of phosphoric acid groups is 1. The van der Waals surface area contributed by atoms with E-state index in [1.165, 1.54) is 89.9 Å². The van der Waals surface area contributed by atoms with E-state index in [0.29, 0.717) is 23.9 Å². The lowest BCUT2D eigenvalue weighted by atomic mass is 10.0. The van der Waals surface area contributed by atoms with Gasteiger partial charge in [0.1, 0.15) is 19.8 Å². The average molecular weight is 651 g/mol. The highest BCUT2D eigenvalue weighted by Gasteiger charge is 2.27. The second kappa shape index (κ2) is 28.3. The monoisotopic (exact) mass is 650 g/mol. The number of carbonyl (C=O) groups is 2. The van der Waals surface area contributed by atoms with Crippen molar-refractivity contribution in [2.75, 3.05) is 47.5 Å². The lowest BCUT2D eigenvalue weighted by Gasteiger charge is -2.24. The molecule has 0 spiro atoms. The third-order valence-corrected chi connectivity index (χ3v) is 8.62. The van der Waals surface area contributed by atoms with Crippen LogP contribution < -0.4 is 0 Å². The van der Waals surface area contributed by atoms with E-state index in [2.05, 4.69) is 13.8 Å². The minimum atomic E-state index is -4.35. The van der Waals surface area contributed by atoms with Gasteiger partial charge in [-0.1, -0.05) is 129 Å². The Labute approximate surface area is 270 Å². The van der Waals surface area contributed by atoms with Gasteiger partial charge in [0.05, 0.1) is 27.7 Å². The minimum absolute atomic E-state index is 0.0360. The SMILES string of the molecule is CCCCCCCCCCCCCCC(=O)OC(COC(=O)CCCCCCCCCC)COP(=O)(O)OCC[N+](C)(C)C. The highest BCUT2D eigenvalue weighted by Crippen LogP contribution is 2.43. The Bertz CT molecular complexity index is 743. The molecule has 9 nitrogen and oxygen atoms in total. The van der Waals surface area contributed by atoms with Crippen molar-refractivity contribution in [3.05, 3.63) is 0 Å². The van der Waals surface area contributed by atoms with Gasteiger partial charge in [-0.3, -0.25) is 18.6 Å². The van der Waals surface area contributed by atoms with E-state index in [1.54, 1.807) is 0 Å². The van der Waals surface area contributed by atoms with Crippen molar-refractivity contribution in [2.24, 2.45) is 0 Å². The van der Waals surface area contributed by atoms with Crippen LogP contribution in [0.1, 0.15) is 155 Å². The van der Waals surface area contributed by atoms with Crippen LogP contribution in [0.3, 0.4) is 0 Å². The quantitative estimate of drug-likeness (QED) is 0.0333. The number of unbranched alkanes of at least 4 members (excludes halogenated alkanes) is 18. The summed E-state index contributed by atoms with van der Waals surface area (Å²) in [6.45, 7) is 4.37. The molecule has 0 aliphatic heterocycles. The Morgan fingerprint density at radius 3 is 1.45 bits per heavy atom. The Morgan fingerprint density at radius 1 is 0.614 bits per heavy atom. The number of carbonyl (C=O) groups excluding carboxylic acids is 2. The second-order valence-electron chi connectivity index (χ2n) is 13.3. The molecule has 0 aliphatic rings. The number of ether oxygens (including phenoxy) is 2. The number of quaternary nitrogens is 1. The molecule has 0 amide bonds. The molecule has 0 bridgehead atoms. The molecule has 0 rings (SSSR count). The number of nitrogens with zero attached hydrogens (tertiary/aromatic N) is 1. The van der Waals surface area contributed by atoms with Crippen LogP contribution in [0.5, 0.6) is 0 Å². The first-order valence-electron chi connectivity index (χ1n) is 17.8. The molecule has 0 aromatic heterocycles. The summed E-state index contributed by atoms with van der Waals surface area (Å²) in [6.07, 6.45) is 23.0. The summed E-state index contributed by atoms with van der Waals surface area (Å²) in [7, 11) is 1.48.